The van der Waals surface area contributed by atoms with E-state index in [4.69, 9.17) is 16.2 Å². The van der Waals surface area contributed by atoms with Crippen LogP contribution in [0.5, 0.6) is 0 Å². The molecule has 0 aliphatic rings. The summed E-state index contributed by atoms with van der Waals surface area (Å²) in [4.78, 5) is 28.7. The molecule has 1 rings (SSSR count). The Kier molecular flexibility index (Phi) is 6.19. The molecule has 0 aliphatic carbocycles. The lowest BCUT2D eigenvalue weighted by Crippen LogP contribution is -2.28. The summed E-state index contributed by atoms with van der Waals surface area (Å²) in [6, 6.07) is 0. The number of carbonyl (C=O) groups excluding carboxylic acids is 2. The number of carbonyl (C=O) groups is 2. The number of nitrogen functional groups attached to an aromatic ring is 1. The first-order valence-electron chi connectivity index (χ1n) is 6.07. The van der Waals surface area contributed by atoms with Gasteiger partial charge in [0.25, 0.3) is 5.91 Å². The van der Waals surface area contributed by atoms with Crippen LogP contribution >= 0.6 is 11.3 Å². The number of nitrogens with two attached hydrogens (primary N) is 2. The molecule has 9 heteroatoms. The Balaban J connectivity index is 2.47. The van der Waals surface area contributed by atoms with Gasteiger partial charge >= 0.3 is 0 Å². The van der Waals surface area contributed by atoms with Gasteiger partial charge in [0, 0.05) is 20.1 Å². The van der Waals surface area contributed by atoms with Gasteiger partial charge in [0.2, 0.25) is 5.91 Å². The zero-order chi connectivity index (χ0) is 15.1. The molecule has 0 aromatic carbocycles. The van der Waals surface area contributed by atoms with Crippen LogP contribution in [0.1, 0.15) is 16.6 Å². The third-order valence-corrected chi connectivity index (χ3v) is 3.61. The molecular weight excluding hydrogens is 282 g/mol. The smallest absolute Gasteiger partial charge is 0.265 e. The highest BCUT2D eigenvalue weighted by Crippen LogP contribution is 2.26. The summed E-state index contributed by atoms with van der Waals surface area (Å²) < 4.78 is 4.93. The quantitative estimate of drug-likeness (QED) is 0.552. The minimum atomic E-state index is -0.546. The third-order valence-electron chi connectivity index (χ3n) is 2.43. The van der Waals surface area contributed by atoms with Crippen LogP contribution in [0.15, 0.2) is 0 Å². The summed E-state index contributed by atoms with van der Waals surface area (Å²) in [5, 5.41) is 3.33. The maximum absolute atomic E-state index is 11.9. The molecule has 112 valence electrons. The van der Waals surface area contributed by atoms with E-state index in [1.54, 1.807) is 0 Å². The molecule has 20 heavy (non-hydrogen) atoms. The average Bonchev–Trinajstić information content (AvgIpc) is 2.79. The Labute approximate surface area is 121 Å². The molecule has 0 spiro atoms. The molecular formula is C11H19N5O3S. The van der Waals surface area contributed by atoms with Crippen molar-refractivity contribution in [2.75, 3.05) is 44.0 Å². The van der Waals surface area contributed by atoms with E-state index in [-0.39, 0.29) is 31.5 Å². The van der Waals surface area contributed by atoms with Crippen molar-refractivity contribution in [1.29, 1.82) is 0 Å². The minimum absolute atomic E-state index is 0.163. The summed E-state index contributed by atoms with van der Waals surface area (Å²) in [5.74, 6) is -0.644. The van der Waals surface area contributed by atoms with E-state index in [1.165, 1.54) is 11.3 Å². The van der Waals surface area contributed by atoms with Gasteiger partial charge in [-0.25, -0.2) is 4.98 Å². The van der Waals surface area contributed by atoms with Crippen LogP contribution in [-0.2, 0) is 9.53 Å². The molecule has 0 radical (unpaired) electrons. The van der Waals surface area contributed by atoms with Crippen LogP contribution in [0.4, 0.5) is 10.9 Å². The molecule has 2 amide bonds. The summed E-state index contributed by atoms with van der Waals surface area (Å²) in [5.41, 5.74) is 10.6. The third kappa shape index (κ3) is 4.67. The van der Waals surface area contributed by atoms with E-state index < -0.39 is 5.91 Å². The van der Waals surface area contributed by atoms with Gasteiger partial charge in [0.15, 0.2) is 5.13 Å². The second-order valence-electron chi connectivity index (χ2n) is 4.00. The molecule has 0 bridgehead atoms. The highest BCUT2D eigenvalue weighted by Gasteiger charge is 2.17. The van der Waals surface area contributed by atoms with Gasteiger partial charge in [-0.05, 0) is 6.92 Å². The molecule has 0 saturated carbocycles. The maximum atomic E-state index is 11.9. The highest BCUT2D eigenvalue weighted by molar-refractivity contribution is 7.18. The molecule has 0 aliphatic heterocycles. The van der Waals surface area contributed by atoms with Crippen molar-refractivity contribution in [2.45, 2.75) is 6.92 Å². The van der Waals surface area contributed by atoms with Gasteiger partial charge in [-0.2, -0.15) is 0 Å². The number of hydrogen-bond acceptors (Lipinski definition) is 7. The summed E-state index contributed by atoms with van der Waals surface area (Å²) >= 11 is 1.23. The van der Waals surface area contributed by atoms with Crippen molar-refractivity contribution in [3.05, 3.63) is 4.88 Å². The second-order valence-corrected chi connectivity index (χ2v) is 4.98. The van der Waals surface area contributed by atoms with Gasteiger partial charge in [-0.3, -0.25) is 9.59 Å². The van der Waals surface area contributed by atoms with Crippen LogP contribution < -0.4 is 21.7 Å². The topological polar surface area (TPSA) is 124 Å². The highest BCUT2D eigenvalue weighted by atomic mass is 32.1. The van der Waals surface area contributed by atoms with Gasteiger partial charge in [0.05, 0.1) is 6.61 Å². The van der Waals surface area contributed by atoms with Crippen molar-refractivity contribution in [3.8, 4) is 0 Å². The molecule has 1 heterocycles. The van der Waals surface area contributed by atoms with Crippen LogP contribution in [0.2, 0.25) is 0 Å². The average molecular weight is 301 g/mol. The molecule has 0 saturated heterocycles. The number of nitrogens with one attached hydrogen (secondary N) is 1. The Morgan fingerprint density at radius 3 is 2.80 bits per heavy atom. The predicted octanol–water partition coefficient (Wildman–Crippen LogP) is -0.587. The van der Waals surface area contributed by atoms with Crippen molar-refractivity contribution >= 4 is 34.1 Å². The number of anilines is 2. The molecule has 0 unspecified atom stereocenters. The van der Waals surface area contributed by atoms with Crippen molar-refractivity contribution in [3.63, 3.8) is 0 Å². The number of rotatable bonds is 8. The number of thiazole rings is 1. The van der Waals surface area contributed by atoms with E-state index in [0.717, 1.165) is 6.54 Å². The summed E-state index contributed by atoms with van der Waals surface area (Å²) in [7, 11) is 1.87. The number of hydrogen-bond donors (Lipinski definition) is 3. The zero-order valence-electron chi connectivity index (χ0n) is 11.5. The van der Waals surface area contributed by atoms with Crippen molar-refractivity contribution < 1.29 is 14.3 Å². The second kappa shape index (κ2) is 7.65. The van der Waals surface area contributed by atoms with Crippen molar-refractivity contribution in [2.24, 2.45) is 5.73 Å². The minimum Gasteiger partial charge on any atom is -0.382 e. The molecule has 5 N–H and O–H groups in total. The number of aromatic nitrogens is 1. The SMILES string of the molecule is CCN(C)c1nc(N)c(C(=O)NCCOCC(N)=O)s1. The summed E-state index contributed by atoms with van der Waals surface area (Å²) in [6.07, 6.45) is 0. The standard InChI is InChI=1S/C11H19N5O3S/c1-3-16(2)11-15-9(13)8(20-11)10(18)14-4-5-19-6-7(12)17/h3-6,13H2,1-2H3,(H2,12,17)(H,14,18). The number of amides is 2. The van der Waals surface area contributed by atoms with Gasteiger partial charge in [0.1, 0.15) is 17.3 Å². The number of nitrogens with zero attached hydrogens (tertiary/aromatic N) is 2. The number of primary amides is 1. The lowest BCUT2D eigenvalue weighted by Gasteiger charge is -2.10. The number of ether oxygens (including phenoxy) is 1. The molecule has 0 atom stereocenters. The van der Waals surface area contributed by atoms with E-state index in [2.05, 4.69) is 10.3 Å². The molecule has 1 aromatic rings. The lowest BCUT2D eigenvalue weighted by atomic mass is 10.4. The fraction of sp³-hybridized carbons (Fsp3) is 0.545. The van der Waals surface area contributed by atoms with E-state index >= 15 is 0 Å². The normalized spacial score (nSPS) is 10.3. The molecule has 8 nitrogen and oxygen atoms in total. The molecule has 0 fully saturated rings. The summed E-state index contributed by atoms with van der Waals surface area (Å²) in [6.45, 7) is 3.06. The van der Waals surface area contributed by atoms with Crippen LogP contribution in [0, 0.1) is 0 Å². The molecule has 1 aromatic heterocycles. The van der Waals surface area contributed by atoms with Gasteiger partial charge in [-0.15, -0.1) is 0 Å². The Hall–Kier alpha value is -1.87. The Bertz CT molecular complexity index is 477. The van der Waals surface area contributed by atoms with Gasteiger partial charge in [-0.1, -0.05) is 11.3 Å². The first-order valence-corrected chi connectivity index (χ1v) is 6.89. The fourth-order valence-corrected chi connectivity index (χ4v) is 2.20. The van der Waals surface area contributed by atoms with E-state index in [0.29, 0.717) is 10.0 Å². The van der Waals surface area contributed by atoms with Crippen LogP contribution in [-0.4, -0.2) is 50.1 Å². The van der Waals surface area contributed by atoms with Gasteiger partial charge < -0.3 is 26.4 Å². The zero-order valence-corrected chi connectivity index (χ0v) is 12.3. The predicted molar refractivity (Wildman–Crippen MR) is 77.8 cm³/mol. The van der Waals surface area contributed by atoms with E-state index in [9.17, 15) is 9.59 Å². The first kappa shape index (κ1) is 16.2. The monoisotopic (exact) mass is 301 g/mol. The fourth-order valence-electron chi connectivity index (χ4n) is 1.27. The Morgan fingerprint density at radius 2 is 2.20 bits per heavy atom. The van der Waals surface area contributed by atoms with E-state index in [1.807, 2.05) is 18.9 Å². The van der Waals surface area contributed by atoms with Crippen LogP contribution in [0.25, 0.3) is 0 Å². The van der Waals surface area contributed by atoms with Crippen LogP contribution in [0.3, 0.4) is 0 Å². The maximum Gasteiger partial charge on any atom is 0.265 e. The largest absolute Gasteiger partial charge is 0.382 e. The lowest BCUT2D eigenvalue weighted by molar-refractivity contribution is -0.122. The Morgan fingerprint density at radius 1 is 1.50 bits per heavy atom. The van der Waals surface area contributed by atoms with Crippen molar-refractivity contribution in [1.82, 2.24) is 10.3 Å². The first-order chi connectivity index (χ1) is 9.45.